The van der Waals surface area contributed by atoms with Crippen molar-refractivity contribution in [3.05, 3.63) is 0 Å². The largest absolute Gasteiger partial charge is 0.353 e. The maximum absolute atomic E-state index is 12.7. The molecule has 1 saturated heterocycles. The monoisotopic (exact) mass is 371 g/mol. The predicted molar refractivity (Wildman–Crippen MR) is 101 cm³/mol. The highest BCUT2D eigenvalue weighted by atomic mass is 35.5. The second-order valence-corrected chi connectivity index (χ2v) is 8.46. The third kappa shape index (κ3) is 4.68. The Balaban J connectivity index is 0.00000225. The van der Waals surface area contributed by atoms with Crippen LogP contribution in [-0.4, -0.2) is 41.9 Å². The smallest absolute Gasteiger partial charge is 0.225 e. The van der Waals surface area contributed by atoms with Crippen molar-refractivity contribution in [1.82, 2.24) is 10.2 Å². The van der Waals surface area contributed by atoms with Crippen molar-refractivity contribution in [3.63, 3.8) is 0 Å². The van der Waals surface area contributed by atoms with Gasteiger partial charge in [-0.1, -0.05) is 20.3 Å². The summed E-state index contributed by atoms with van der Waals surface area (Å²) in [5.41, 5.74) is 6.33. The van der Waals surface area contributed by atoms with Crippen LogP contribution in [0.25, 0.3) is 0 Å². The molecule has 2 amide bonds. The first kappa shape index (κ1) is 20.5. The van der Waals surface area contributed by atoms with E-state index in [1.807, 2.05) is 18.7 Å². The van der Waals surface area contributed by atoms with Gasteiger partial charge in [-0.2, -0.15) is 0 Å². The summed E-state index contributed by atoms with van der Waals surface area (Å²) in [5, 5.41) is 3.26. The molecule has 144 valence electrons. The topological polar surface area (TPSA) is 75.4 Å². The molecule has 3 rings (SSSR count). The van der Waals surface area contributed by atoms with Crippen LogP contribution in [0.2, 0.25) is 0 Å². The van der Waals surface area contributed by atoms with E-state index in [0.29, 0.717) is 17.9 Å². The lowest BCUT2D eigenvalue weighted by Gasteiger charge is -2.44. The van der Waals surface area contributed by atoms with Gasteiger partial charge in [-0.25, -0.2) is 0 Å². The minimum absolute atomic E-state index is 0. The van der Waals surface area contributed by atoms with Crippen LogP contribution in [0.3, 0.4) is 0 Å². The van der Waals surface area contributed by atoms with Crippen LogP contribution < -0.4 is 11.1 Å². The zero-order chi connectivity index (χ0) is 17.3. The molecule has 0 spiro atoms. The van der Waals surface area contributed by atoms with Gasteiger partial charge in [0.1, 0.15) is 0 Å². The van der Waals surface area contributed by atoms with Gasteiger partial charge >= 0.3 is 0 Å². The van der Waals surface area contributed by atoms with Gasteiger partial charge in [0.25, 0.3) is 0 Å². The minimum atomic E-state index is 0. The van der Waals surface area contributed by atoms with E-state index in [9.17, 15) is 9.59 Å². The number of carbonyl (C=O) groups is 2. The van der Waals surface area contributed by atoms with Crippen molar-refractivity contribution in [2.24, 2.45) is 29.4 Å². The van der Waals surface area contributed by atoms with Crippen molar-refractivity contribution < 1.29 is 9.59 Å². The summed E-state index contributed by atoms with van der Waals surface area (Å²) in [7, 11) is 0. The normalized spacial score (nSPS) is 32.9. The lowest BCUT2D eigenvalue weighted by molar-refractivity contribution is -0.135. The second-order valence-electron chi connectivity index (χ2n) is 8.46. The number of rotatable bonds is 3. The Labute approximate surface area is 157 Å². The van der Waals surface area contributed by atoms with E-state index in [2.05, 4.69) is 5.32 Å². The number of likely N-dealkylation sites (tertiary alicyclic amines) is 1. The lowest BCUT2D eigenvalue weighted by Crippen LogP contribution is -2.52. The Morgan fingerprint density at radius 2 is 1.60 bits per heavy atom. The zero-order valence-electron chi connectivity index (χ0n) is 15.6. The molecule has 2 bridgehead atoms. The van der Waals surface area contributed by atoms with E-state index >= 15 is 0 Å². The maximum atomic E-state index is 12.7. The molecular weight excluding hydrogens is 338 g/mol. The van der Waals surface area contributed by atoms with Crippen molar-refractivity contribution in [2.75, 3.05) is 13.1 Å². The second kappa shape index (κ2) is 8.72. The van der Waals surface area contributed by atoms with Gasteiger partial charge in [0, 0.05) is 37.0 Å². The zero-order valence-corrected chi connectivity index (χ0v) is 16.4. The molecule has 1 heterocycles. The third-order valence-electron chi connectivity index (χ3n) is 6.43. The van der Waals surface area contributed by atoms with Gasteiger partial charge in [-0.05, 0) is 50.4 Å². The van der Waals surface area contributed by atoms with Crippen LogP contribution in [0, 0.1) is 23.7 Å². The average molecular weight is 372 g/mol. The highest BCUT2D eigenvalue weighted by Crippen LogP contribution is 2.41. The number of nitrogens with one attached hydrogen (secondary N) is 1. The first-order chi connectivity index (χ1) is 11.5. The van der Waals surface area contributed by atoms with Gasteiger partial charge in [0.2, 0.25) is 11.8 Å². The quantitative estimate of drug-likeness (QED) is 0.799. The number of hydrogen-bond acceptors (Lipinski definition) is 3. The summed E-state index contributed by atoms with van der Waals surface area (Å²) in [6.07, 6.45) is 7.35. The Morgan fingerprint density at radius 1 is 1.04 bits per heavy atom. The Bertz CT molecular complexity index is 463. The fourth-order valence-electron chi connectivity index (χ4n) is 4.93. The van der Waals surface area contributed by atoms with Crippen molar-refractivity contribution in [3.8, 4) is 0 Å². The molecule has 1 aliphatic heterocycles. The Hall–Kier alpha value is -0.810. The summed E-state index contributed by atoms with van der Waals surface area (Å²) in [5.74, 6) is 1.75. The van der Waals surface area contributed by atoms with E-state index in [1.54, 1.807) is 0 Å². The summed E-state index contributed by atoms with van der Waals surface area (Å²) >= 11 is 0. The van der Waals surface area contributed by atoms with Gasteiger partial charge in [-0.3, -0.25) is 9.59 Å². The van der Waals surface area contributed by atoms with Crippen molar-refractivity contribution in [1.29, 1.82) is 0 Å². The number of piperidine rings is 1. The van der Waals surface area contributed by atoms with E-state index in [0.717, 1.165) is 38.8 Å². The summed E-state index contributed by atoms with van der Waals surface area (Å²) in [6, 6.07) is 0.539. The van der Waals surface area contributed by atoms with Crippen LogP contribution in [0.4, 0.5) is 0 Å². The highest BCUT2D eigenvalue weighted by Gasteiger charge is 2.41. The number of halogens is 1. The molecule has 25 heavy (non-hydrogen) atoms. The molecule has 2 unspecified atom stereocenters. The summed E-state index contributed by atoms with van der Waals surface area (Å²) in [6.45, 7) is 5.42. The molecule has 2 atom stereocenters. The van der Waals surface area contributed by atoms with Crippen molar-refractivity contribution in [2.45, 2.75) is 70.9 Å². The molecule has 2 saturated carbocycles. The van der Waals surface area contributed by atoms with Gasteiger partial charge < -0.3 is 16.0 Å². The fraction of sp³-hybridized carbons (Fsp3) is 0.895. The minimum Gasteiger partial charge on any atom is -0.353 e. The van der Waals surface area contributed by atoms with Crippen LogP contribution in [0.1, 0.15) is 58.8 Å². The van der Waals surface area contributed by atoms with E-state index in [-0.39, 0.29) is 42.1 Å². The van der Waals surface area contributed by atoms with Gasteiger partial charge in [0.05, 0.1) is 0 Å². The molecule has 0 radical (unpaired) electrons. The molecule has 5 nitrogen and oxygen atoms in total. The number of fused-ring (bicyclic) bond motifs is 2. The number of hydrogen-bond donors (Lipinski definition) is 2. The molecule has 6 heteroatoms. The number of nitrogens with zero attached hydrogens (tertiary/aromatic N) is 1. The molecule has 0 aromatic heterocycles. The van der Waals surface area contributed by atoms with Crippen molar-refractivity contribution >= 4 is 24.2 Å². The number of amides is 2. The summed E-state index contributed by atoms with van der Waals surface area (Å²) in [4.78, 5) is 26.7. The third-order valence-corrected chi connectivity index (χ3v) is 6.43. The van der Waals surface area contributed by atoms with E-state index < -0.39 is 0 Å². The first-order valence-electron chi connectivity index (χ1n) is 9.80. The molecule has 3 fully saturated rings. The van der Waals surface area contributed by atoms with E-state index in [1.165, 1.54) is 19.3 Å². The molecule has 0 aromatic rings. The van der Waals surface area contributed by atoms with E-state index in [4.69, 9.17) is 5.73 Å². The van der Waals surface area contributed by atoms with Crippen LogP contribution in [0.15, 0.2) is 0 Å². The highest BCUT2D eigenvalue weighted by molar-refractivity contribution is 5.85. The number of carbonyl (C=O) groups excluding carboxylic acids is 2. The molecule has 2 aliphatic carbocycles. The lowest BCUT2D eigenvalue weighted by atomic mass is 9.65. The SMILES string of the molecule is CC(C)C(=O)N1CCC(NC(=O)C2CC3CCCC(C2)C3N)CC1.Cl. The predicted octanol–water partition coefficient (Wildman–Crippen LogP) is 2.32. The Morgan fingerprint density at radius 3 is 2.12 bits per heavy atom. The van der Waals surface area contributed by atoms with Crippen LogP contribution >= 0.6 is 12.4 Å². The van der Waals surface area contributed by atoms with Crippen LogP contribution in [-0.2, 0) is 9.59 Å². The first-order valence-corrected chi connectivity index (χ1v) is 9.80. The molecule has 0 aromatic carbocycles. The summed E-state index contributed by atoms with van der Waals surface area (Å²) < 4.78 is 0. The van der Waals surface area contributed by atoms with Crippen LogP contribution in [0.5, 0.6) is 0 Å². The number of nitrogens with two attached hydrogens (primary N) is 1. The molecule has 3 aliphatic rings. The average Bonchev–Trinajstić information content (AvgIpc) is 2.54. The maximum Gasteiger partial charge on any atom is 0.225 e. The van der Waals surface area contributed by atoms with Gasteiger partial charge in [0.15, 0.2) is 0 Å². The standard InChI is InChI=1S/C19H33N3O2.ClH/c1-12(2)19(24)22-8-6-16(7-9-22)21-18(23)15-10-13-4-3-5-14(11-15)17(13)20;/h12-17H,3-11,20H2,1-2H3,(H,21,23);1H. The fourth-order valence-corrected chi connectivity index (χ4v) is 4.93. The molecule has 3 N–H and O–H groups in total. The van der Waals surface area contributed by atoms with Gasteiger partial charge in [-0.15, -0.1) is 12.4 Å². The Kier molecular flexibility index (Phi) is 7.15. The molecular formula is C19H34ClN3O2.